The zero-order chi connectivity index (χ0) is 16.8. The van der Waals surface area contributed by atoms with Crippen LogP contribution in [0.25, 0.3) is 0 Å². The summed E-state index contributed by atoms with van der Waals surface area (Å²) in [5.41, 5.74) is 7.10. The number of carbonyl (C=O) groups is 1. The number of ether oxygens (including phenoxy) is 1. The summed E-state index contributed by atoms with van der Waals surface area (Å²) in [5.74, 6) is -0.169. The Hall–Kier alpha value is -2.32. The van der Waals surface area contributed by atoms with E-state index in [4.69, 9.17) is 28.6 Å². The molecule has 0 saturated heterocycles. The van der Waals surface area contributed by atoms with Crippen molar-refractivity contribution in [1.82, 2.24) is 15.6 Å². The standard InChI is InChI=1S/C14H16ClN5O2S/c1-3-22-13(21)11-8(2)17-18-12(11)19-20-14(23)16-10-7-5-4-6-9(10)15/h4-7H,3H2,1-2H3,(H2,16,20,23)(H2,17,18,19). The number of para-hydroxylation sites is 1. The molecule has 9 heteroatoms. The summed E-state index contributed by atoms with van der Waals surface area (Å²) in [6, 6.07) is 7.19. The Morgan fingerprint density at radius 1 is 1.43 bits per heavy atom. The number of rotatable bonds is 5. The zero-order valence-corrected chi connectivity index (χ0v) is 14.1. The van der Waals surface area contributed by atoms with Gasteiger partial charge >= 0.3 is 5.97 Å². The first kappa shape index (κ1) is 17.0. The van der Waals surface area contributed by atoms with Crippen molar-refractivity contribution in [3.05, 3.63) is 40.5 Å². The number of hydrazine groups is 1. The summed E-state index contributed by atoms with van der Waals surface area (Å²) >= 11 is 11.2. The normalized spacial score (nSPS) is 10.0. The number of nitrogens with one attached hydrogen (secondary N) is 4. The molecule has 0 aliphatic rings. The van der Waals surface area contributed by atoms with Crippen molar-refractivity contribution >= 4 is 46.4 Å². The molecular weight excluding hydrogens is 338 g/mol. The summed E-state index contributed by atoms with van der Waals surface area (Å²) in [5, 5.41) is 10.5. The number of esters is 1. The maximum atomic E-state index is 11.9. The molecule has 0 radical (unpaired) electrons. The Balaban J connectivity index is 2.00. The molecule has 122 valence electrons. The first-order valence-corrected chi connectivity index (χ1v) is 7.61. The highest BCUT2D eigenvalue weighted by molar-refractivity contribution is 7.80. The van der Waals surface area contributed by atoms with Gasteiger partial charge in [0.25, 0.3) is 0 Å². The van der Waals surface area contributed by atoms with Gasteiger partial charge in [-0.25, -0.2) is 4.79 Å². The topological polar surface area (TPSA) is 91.1 Å². The van der Waals surface area contributed by atoms with E-state index in [0.717, 1.165) is 0 Å². The fraction of sp³-hybridized carbons (Fsp3) is 0.214. The van der Waals surface area contributed by atoms with Gasteiger partial charge in [-0.1, -0.05) is 23.7 Å². The number of thiocarbonyl (C=S) groups is 1. The summed E-state index contributed by atoms with van der Waals surface area (Å²) < 4.78 is 4.99. The molecule has 1 aromatic carbocycles. The number of aryl methyl sites for hydroxylation is 1. The van der Waals surface area contributed by atoms with Crippen molar-refractivity contribution in [2.75, 3.05) is 17.3 Å². The fourth-order valence-corrected chi connectivity index (χ4v) is 2.15. The van der Waals surface area contributed by atoms with Crippen LogP contribution in [-0.4, -0.2) is 27.9 Å². The molecule has 1 aromatic heterocycles. The molecule has 0 amide bonds. The van der Waals surface area contributed by atoms with Crippen molar-refractivity contribution in [3.63, 3.8) is 0 Å². The minimum absolute atomic E-state index is 0.272. The second-order valence-electron chi connectivity index (χ2n) is 4.48. The third kappa shape index (κ3) is 4.33. The van der Waals surface area contributed by atoms with Crippen molar-refractivity contribution in [2.45, 2.75) is 13.8 Å². The van der Waals surface area contributed by atoms with Crippen LogP contribution in [-0.2, 0) is 4.74 Å². The van der Waals surface area contributed by atoms with Crippen LogP contribution in [0.5, 0.6) is 0 Å². The van der Waals surface area contributed by atoms with Gasteiger partial charge in [0, 0.05) is 5.69 Å². The smallest absolute Gasteiger partial charge is 0.343 e. The van der Waals surface area contributed by atoms with E-state index >= 15 is 0 Å². The lowest BCUT2D eigenvalue weighted by Crippen LogP contribution is -2.34. The maximum Gasteiger partial charge on any atom is 0.343 e. The molecular formula is C14H16ClN5O2S. The lowest BCUT2D eigenvalue weighted by molar-refractivity contribution is 0.0526. The molecule has 0 atom stereocenters. The van der Waals surface area contributed by atoms with E-state index in [9.17, 15) is 4.79 Å². The second-order valence-corrected chi connectivity index (χ2v) is 5.29. The Bertz CT molecular complexity index is 719. The van der Waals surface area contributed by atoms with Crippen LogP contribution in [0.15, 0.2) is 24.3 Å². The first-order chi connectivity index (χ1) is 11.0. The van der Waals surface area contributed by atoms with E-state index in [1.165, 1.54) is 0 Å². The van der Waals surface area contributed by atoms with E-state index in [2.05, 4.69) is 26.4 Å². The molecule has 0 aliphatic carbocycles. The van der Waals surface area contributed by atoms with Gasteiger partial charge in [-0.15, -0.1) is 0 Å². The van der Waals surface area contributed by atoms with Crippen LogP contribution in [0.3, 0.4) is 0 Å². The number of carbonyl (C=O) groups excluding carboxylic acids is 1. The maximum absolute atomic E-state index is 11.9. The predicted molar refractivity (Wildman–Crippen MR) is 93.7 cm³/mol. The number of anilines is 2. The lowest BCUT2D eigenvalue weighted by atomic mass is 10.2. The van der Waals surface area contributed by atoms with E-state index in [1.54, 1.807) is 26.0 Å². The fourth-order valence-electron chi connectivity index (χ4n) is 1.80. The van der Waals surface area contributed by atoms with Gasteiger partial charge in [0.05, 0.1) is 17.3 Å². The van der Waals surface area contributed by atoms with E-state index in [1.807, 2.05) is 12.1 Å². The van der Waals surface area contributed by atoms with Crippen LogP contribution < -0.4 is 16.2 Å². The number of H-pyrrole nitrogens is 1. The number of hydrogen-bond donors (Lipinski definition) is 4. The summed E-state index contributed by atoms with van der Waals surface area (Å²) in [6.07, 6.45) is 0. The number of benzene rings is 1. The van der Waals surface area contributed by atoms with Gasteiger partial charge in [-0.3, -0.25) is 16.0 Å². The van der Waals surface area contributed by atoms with Crippen LogP contribution in [0.1, 0.15) is 23.0 Å². The highest BCUT2D eigenvalue weighted by Crippen LogP contribution is 2.20. The highest BCUT2D eigenvalue weighted by atomic mass is 35.5. The van der Waals surface area contributed by atoms with E-state index < -0.39 is 5.97 Å². The van der Waals surface area contributed by atoms with Gasteiger partial charge < -0.3 is 10.1 Å². The quantitative estimate of drug-likeness (QED) is 0.373. The van der Waals surface area contributed by atoms with Gasteiger partial charge in [-0.2, -0.15) is 5.10 Å². The van der Waals surface area contributed by atoms with Crippen molar-refractivity contribution in [2.24, 2.45) is 0 Å². The minimum Gasteiger partial charge on any atom is -0.462 e. The zero-order valence-electron chi connectivity index (χ0n) is 12.6. The number of aromatic nitrogens is 2. The Morgan fingerprint density at radius 2 is 2.17 bits per heavy atom. The summed E-state index contributed by atoms with van der Waals surface area (Å²) in [7, 11) is 0. The molecule has 2 aromatic rings. The Kier molecular flexibility index (Phi) is 5.78. The molecule has 0 bridgehead atoms. The molecule has 0 spiro atoms. The number of aromatic amines is 1. The molecule has 7 nitrogen and oxygen atoms in total. The van der Waals surface area contributed by atoms with Crippen molar-refractivity contribution < 1.29 is 9.53 Å². The predicted octanol–water partition coefficient (Wildman–Crippen LogP) is 2.86. The summed E-state index contributed by atoms with van der Waals surface area (Å²) in [4.78, 5) is 11.9. The van der Waals surface area contributed by atoms with Crippen LogP contribution in [0.4, 0.5) is 11.5 Å². The average molecular weight is 354 g/mol. The van der Waals surface area contributed by atoms with Crippen LogP contribution >= 0.6 is 23.8 Å². The largest absolute Gasteiger partial charge is 0.462 e. The third-order valence-electron chi connectivity index (χ3n) is 2.84. The SMILES string of the molecule is CCOC(=O)c1c(NNC(=S)Nc2ccccc2Cl)n[nH]c1C. The van der Waals surface area contributed by atoms with Crippen LogP contribution in [0.2, 0.25) is 5.02 Å². The van der Waals surface area contributed by atoms with Crippen molar-refractivity contribution in [3.8, 4) is 0 Å². The Labute approximate surface area is 143 Å². The minimum atomic E-state index is -0.465. The van der Waals surface area contributed by atoms with E-state index in [0.29, 0.717) is 27.8 Å². The Morgan fingerprint density at radius 3 is 2.87 bits per heavy atom. The van der Waals surface area contributed by atoms with Gasteiger partial charge in [-0.05, 0) is 38.2 Å². The molecule has 2 rings (SSSR count). The van der Waals surface area contributed by atoms with Crippen LogP contribution in [0, 0.1) is 6.92 Å². The van der Waals surface area contributed by atoms with Gasteiger partial charge in [0.1, 0.15) is 5.56 Å². The molecule has 0 unspecified atom stereocenters. The first-order valence-electron chi connectivity index (χ1n) is 6.82. The molecule has 0 saturated carbocycles. The van der Waals surface area contributed by atoms with Gasteiger partial charge in [0.2, 0.25) is 0 Å². The molecule has 23 heavy (non-hydrogen) atoms. The number of halogens is 1. The van der Waals surface area contributed by atoms with Gasteiger partial charge in [0.15, 0.2) is 10.9 Å². The number of hydrogen-bond acceptors (Lipinski definition) is 5. The van der Waals surface area contributed by atoms with E-state index in [-0.39, 0.29) is 11.7 Å². The average Bonchev–Trinajstić information content (AvgIpc) is 2.89. The molecule has 0 aliphatic heterocycles. The molecule has 4 N–H and O–H groups in total. The third-order valence-corrected chi connectivity index (χ3v) is 3.38. The molecule has 1 heterocycles. The monoisotopic (exact) mass is 353 g/mol. The lowest BCUT2D eigenvalue weighted by Gasteiger charge is -2.12. The number of nitrogens with zero attached hydrogens (tertiary/aromatic N) is 1. The second kappa shape index (κ2) is 7.80. The highest BCUT2D eigenvalue weighted by Gasteiger charge is 2.19. The van der Waals surface area contributed by atoms with Crippen molar-refractivity contribution in [1.29, 1.82) is 0 Å². The summed E-state index contributed by atoms with van der Waals surface area (Å²) in [6.45, 7) is 3.74. The molecule has 0 fully saturated rings.